The predicted octanol–water partition coefficient (Wildman–Crippen LogP) is 3.02. The van der Waals surface area contributed by atoms with Gasteiger partial charge in [-0.1, -0.05) is 42.0 Å². The van der Waals surface area contributed by atoms with E-state index >= 15 is 0 Å². The summed E-state index contributed by atoms with van der Waals surface area (Å²) in [7, 11) is 0. The van der Waals surface area contributed by atoms with Crippen molar-refractivity contribution in [1.82, 2.24) is 10.2 Å². The van der Waals surface area contributed by atoms with Crippen LogP contribution in [0.15, 0.2) is 42.5 Å². The third-order valence-corrected chi connectivity index (χ3v) is 4.87. The van der Waals surface area contributed by atoms with Crippen molar-refractivity contribution in [2.24, 2.45) is 0 Å². The standard InChI is InChI=1S/C21H23N3O3/c1-13-6-9-16(10-7-13)21(4)19(26)24(20(27)23-21)12-18(25)22-17-11-14(2)5-8-15(17)3/h5-11H,12H2,1-4H3,(H,22,25)(H,23,27)/t21-/m0/s1. The zero-order chi connectivity index (χ0) is 19.8. The molecule has 0 bridgehead atoms. The van der Waals surface area contributed by atoms with Gasteiger partial charge in [0.05, 0.1) is 0 Å². The highest BCUT2D eigenvalue weighted by molar-refractivity contribution is 6.10. The number of hydrogen-bond acceptors (Lipinski definition) is 3. The topological polar surface area (TPSA) is 78.5 Å². The number of aryl methyl sites for hydroxylation is 3. The fourth-order valence-electron chi connectivity index (χ4n) is 3.13. The normalized spacial score (nSPS) is 19.2. The first kappa shape index (κ1) is 18.6. The van der Waals surface area contributed by atoms with E-state index in [4.69, 9.17) is 0 Å². The third-order valence-electron chi connectivity index (χ3n) is 4.87. The molecular formula is C21H23N3O3. The minimum absolute atomic E-state index is 0.334. The number of benzene rings is 2. The van der Waals surface area contributed by atoms with Crippen LogP contribution < -0.4 is 10.6 Å². The van der Waals surface area contributed by atoms with Crippen LogP contribution in [0, 0.1) is 20.8 Å². The summed E-state index contributed by atoms with van der Waals surface area (Å²) >= 11 is 0. The van der Waals surface area contributed by atoms with Gasteiger partial charge < -0.3 is 10.6 Å². The number of rotatable bonds is 4. The van der Waals surface area contributed by atoms with E-state index in [1.807, 2.05) is 63.2 Å². The molecule has 0 aromatic heterocycles. The minimum atomic E-state index is -1.18. The maximum atomic E-state index is 12.9. The summed E-state index contributed by atoms with van der Waals surface area (Å²) in [5, 5.41) is 5.49. The Morgan fingerprint density at radius 3 is 2.33 bits per heavy atom. The summed E-state index contributed by atoms with van der Waals surface area (Å²) in [4.78, 5) is 38.6. The summed E-state index contributed by atoms with van der Waals surface area (Å²) in [5.74, 6) is -0.854. The summed E-state index contributed by atoms with van der Waals surface area (Å²) in [6, 6.07) is 12.5. The lowest BCUT2D eigenvalue weighted by molar-refractivity contribution is -0.133. The van der Waals surface area contributed by atoms with Crippen LogP contribution in [0.5, 0.6) is 0 Å². The van der Waals surface area contributed by atoms with E-state index < -0.39 is 23.4 Å². The van der Waals surface area contributed by atoms with E-state index in [0.717, 1.165) is 21.6 Å². The Morgan fingerprint density at radius 1 is 1.04 bits per heavy atom. The van der Waals surface area contributed by atoms with Crippen molar-refractivity contribution >= 4 is 23.5 Å². The predicted molar refractivity (Wildman–Crippen MR) is 103 cm³/mol. The molecule has 1 atom stereocenters. The molecule has 2 aromatic rings. The Bertz CT molecular complexity index is 921. The van der Waals surface area contributed by atoms with Crippen molar-refractivity contribution in [3.8, 4) is 0 Å². The maximum Gasteiger partial charge on any atom is 0.325 e. The van der Waals surface area contributed by atoms with Crippen molar-refractivity contribution in [2.75, 3.05) is 11.9 Å². The quantitative estimate of drug-likeness (QED) is 0.818. The molecular weight excluding hydrogens is 342 g/mol. The molecule has 1 saturated heterocycles. The molecule has 27 heavy (non-hydrogen) atoms. The van der Waals surface area contributed by atoms with Gasteiger partial charge in [0.1, 0.15) is 12.1 Å². The number of amides is 4. The Labute approximate surface area is 158 Å². The van der Waals surface area contributed by atoms with E-state index in [0.29, 0.717) is 11.3 Å². The second-order valence-electron chi connectivity index (χ2n) is 7.18. The van der Waals surface area contributed by atoms with E-state index in [1.165, 1.54) is 0 Å². The fraction of sp³-hybridized carbons (Fsp3) is 0.286. The van der Waals surface area contributed by atoms with Crippen molar-refractivity contribution < 1.29 is 14.4 Å². The lowest BCUT2D eigenvalue weighted by atomic mass is 9.91. The van der Waals surface area contributed by atoms with E-state index in [1.54, 1.807) is 6.92 Å². The first-order valence-electron chi connectivity index (χ1n) is 8.79. The molecule has 2 N–H and O–H groups in total. The van der Waals surface area contributed by atoms with Gasteiger partial charge in [0.2, 0.25) is 5.91 Å². The molecule has 6 heteroatoms. The molecule has 4 amide bonds. The number of urea groups is 1. The van der Waals surface area contributed by atoms with Crippen molar-refractivity contribution in [3.63, 3.8) is 0 Å². The van der Waals surface area contributed by atoms with Gasteiger partial charge in [0.15, 0.2) is 0 Å². The van der Waals surface area contributed by atoms with Crippen LogP contribution in [0.1, 0.15) is 29.2 Å². The molecule has 0 spiro atoms. The molecule has 0 radical (unpaired) electrons. The molecule has 2 aromatic carbocycles. The highest BCUT2D eigenvalue weighted by Crippen LogP contribution is 2.29. The van der Waals surface area contributed by atoms with Crippen molar-refractivity contribution in [2.45, 2.75) is 33.2 Å². The molecule has 6 nitrogen and oxygen atoms in total. The second-order valence-corrected chi connectivity index (χ2v) is 7.18. The average molecular weight is 365 g/mol. The second kappa shape index (κ2) is 6.87. The number of carbonyl (C=O) groups is 3. The summed E-state index contributed by atoms with van der Waals surface area (Å²) < 4.78 is 0. The highest BCUT2D eigenvalue weighted by Gasteiger charge is 2.49. The van der Waals surface area contributed by atoms with Gasteiger partial charge in [-0.05, 0) is 50.5 Å². The summed E-state index contributed by atoms with van der Waals surface area (Å²) in [6.45, 7) is 7.09. The van der Waals surface area contributed by atoms with Gasteiger partial charge in [0.25, 0.3) is 5.91 Å². The smallest absolute Gasteiger partial charge is 0.324 e. The number of anilines is 1. The van der Waals surface area contributed by atoms with Gasteiger partial charge in [-0.25, -0.2) is 4.79 Å². The van der Waals surface area contributed by atoms with E-state index in [9.17, 15) is 14.4 Å². The summed E-state index contributed by atoms with van der Waals surface area (Å²) in [5.41, 5.74) is 3.17. The van der Waals surface area contributed by atoms with Gasteiger partial charge in [-0.3, -0.25) is 14.5 Å². The van der Waals surface area contributed by atoms with Crippen LogP contribution >= 0.6 is 0 Å². The SMILES string of the molecule is Cc1ccc([C@]2(C)NC(=O)N(CC(=O)Nc3cc(C)ccc3C)C2=O)cc1. The number of carbonyl (C=O) groups excluding carboxylic acids is 3. The highest BCUT2D eigenvalue weighted by atomic mass is 16.2. The molecule has 1 aliphatic heterocycles. The fourth-order valence-corrected chi connectivity index (χ4v) is 3.13. The van der Waals surface area contributed by atoms with Gasteiger partial charge >= 0.3 is 6.03 Å². The van der Waals surface area contributed by atoms with Crippen LogP contribution in [-0.4, -0.2) is 29.3 Å². The lowest BCUT2D eigenvalue weighted by Gasteiger charge is -2.22. The van der Waals surface area contributed by atoms with Crippen LogP contribution in [0.3, 0.4) is 0 Å². The van der Waals surface area contributed by atoms with Crippen LogP contribution in [0.25, 0.3) is 0 Å². The Morgan fingerprint density at radius 2 is 1.67 bits per heavy atom. The van der Waals surface area contributed by atoms with Gasteiger partial charge in [0, 0.05) is 5.69 Å². The Hall–Kier alpha value is -3.15. The number of nitrogens with one attached hydrogen (secondary N) is 2. The molecule has 0 aliphatic carbocycles. The van der Waals surface area contributed by atoms with Crippen molar-refractivity contribution in [1.29, 1.82) is 0 Å². The first-order valence-corrected chi connectivity index (χ1v) is 8.79. The van der Waals surface area contributed by atoms with Crippen LogP contribution in [0.4, 0.5) is 10.5 Å². The van der Waals surface area contributed by atoms with Crippen LogP contribution in [0.2, 0.25) is 0 Å². The number of nitrogens with zero attached hydrogens (tertiary/aromatic N) is 1. The summed E-state index contributed by atoms with van der Waals surface area (Å²) in [6.07, 6.45) is 0. The molecule has 1 heterocycles. The first-order chi connectivity index (χ1) is 12.7. The lowest BCUT2D eigenvalue weighted by Crippen LogP contribution is -2.42. The Balaban J connectivity index is 1.76. The molecule has 0 unspecified atom stereocenters. The molecule has 3 rings (SSSR count). The van der Waals surface area contributed by atoms with Gasteiger partial charge in [-0.15, -0.1) is 0 Å². The average Bonchev–Trinajstić information content (AvgIpc) is 2.83. The zero-order valence-electron chi connectivity index (χ0n) is 15.9. The molecule has 140 valence electrons. The van der Waals surface area contributed by atoms with E-state index in [2.05, 4.69) is 10.6 Å². The monoisotopic (exact) mass is 365 g/mol. The van der Waals surface area contributed by atoms with E-state index in [-0.39, 0.29) is 6.54 Å². The number of imide groups is 1. The van der Waals surface area contributed by atoms with Crippen molar-refractivity contribution in [3.05, 3.63) is 64.7 Å². The zero-order valence-corrected chi connectivity index (χ0v) is 15.9. The van der Waals surface area contributed by atoms with Gasteiger partial charge in [-0.2, -0.15) is 0 Å². The molecule has 1 fully saturated rings. The maximum absolute atomic E-state index is 12.9. The number of hydrogen-bond donors (Lipinski definition) is 2. The largest absolute Gasteiger partial charge is 0.325 e. The third kappa shape index (κ3) is 3.56. The molecule has 1 aliphatic rings. The van der Waals surface area contributed by atoms with Crippen LogP contribution in [-0.2, 0) is 15.1 Å². The Kier molecular flexibility index (Phi) is 4.74. The molecule has 0 saturated carbocycles. The minimum Gasteiger partial charge on any atom is -0.324 e.